The summed E-state index contributed by atoms with van der Waals surface area (Å²) in [6, 6.07) is 2.03. The van der Waals surface area contributed by atoms with Crippen LogP contribution in [0.3, 0.4) is 0 Å². The maximum Gasteiger partial charge on any atom is 0.153 e. The van der Waals surface area contributed by atoms with Crippen molar-refractivity contribution in [1.82, 2.24) is 4.68 Å². The van der Waals surface area contributed by atoms with Crippen molar-refractivity contribution >= 4 is 18.6 Å². The van der Waals surface area contributed by atoms with Gasteiger partial charge in [-0.05, 0) is 25.3 Å². The van der Waals surface area contributed by atoms with E-state index in [1.54, 1.807) is 6.08 Å². The molecule has 86 valence electrons. The SMILES string of the molecule is C=Cc1cc(C)n(/N=C(\N=C)C(C)(C)C)c1. The number of aromatic nitrogens is 1. The van der Waals surface area contributed by atoms with Crippen molar-refractivity contribution in [3.8, 4) is 0 Å². The number of hydrogen-bond acceptors (Lipinski definition) is 1. The maximum absolute atomic E-state index is 4.47. The van der Waals surface area contributed by atoms with E-state index in [0.717, 1.165) is 17.1 Å². The fourth-order valence-electron chi connectivity index (χ4n) is 1.33. The Morgan fingerprint density at radius 3 is 2.44 bits per heavy atom. The highest BCUT2D eigenvalue weighted by atomic mass is 15.4. The third-order valence-corrected chi connectivity index (χ3v) is 2.27. The van der Waals surface area contributed by atoms with Gasteiger partial charge in [-0.1, -0.05) is 33.4 Å². The summed E-state index contributed by atoms with van der Waals surface area (Å²) >= 11 is 0. The van der Waals surface area contributed by atoms with Crippen molar-refractivity contribution < 1.29 is 0 Å². The van der Waals surface area contributed by atoms with Crippen molar-refractivity contribution in [2.24, 2.45) is 15.5 Å². The molecule has 0 saturated heterocycles. The molecule has 0 fully saturated rings. The molecule has 0 aliphatic carbocycles. The van der Waals surface area contributed by atoms with E-state index >= 15 is 0 Å². The van der Waals surface area contributed by atoms with Crippen LogP contribution in [0.1, 0.15) is 32.0 Å². The first-order valence-electron chi connectivity index (χ1n) is 5.26. The van der Waals surface area contributed by atoms with Gasteiger partial charge in [0.25, 0.3) is 0 Å². The summed E-state index contributed by atoms with van der Waals surface area (Å²) in [5.41, 5.74) is 2.01. The van der Waals surface area contributed by atoms with Gasteiger partial charge >= 0.3 is 0 Å². The monoisotopic (exact) mass is 217 g/mol. The Balaban J connectivity index is 3.18. The van der Waals surface area contributed by atoms with Gasteiger partial charge < -0.3 is 0 Å². The third kappa shape index (κ3) is 2.69. The predicted molar refractivity (Wildman–Crippen MR) is 71.1 cm³/mol. The first-order chi connectivity index (χ1) is 7.38. The summed E-state index contributed by atoms with van der Waals surface area (Å²) in [4.78, 5) is 3.98. The number of aryl methyl sites for hydroxylation is 1. The summed E-state index contributed by atoms with van der Waals surface area (Å²) in [6.07, 6.45) is 3.73. The molecule has 1 aromatic heterocycles. The van der Waals surface area contributed by atoms with Gasteiger partial charge in [-0.2, -0.15) is 5.10 Å². The normalized spacial score (nSPS) is 12.6. The Bertz CT molecular complexity index is 431. The van der Waals surface area contributed by atoms with Crippen LogP contribution in [0.15, 0.2) is 28.9 Å². The quantitative estimate of drug-likeness (QED) is 0.537. The molecule has 0 radical (unpaired) electrons. The van der Waals surface area contributed by atoms with Gasteiger partial charge in [0.2, 0.25) is 0 Å². The number of hydrogen-bond donors (Lipinski definition) is 0. The van der Waals surface area contributed by atoms with Crippen LogP contribution in [-0.4, -0.2) is 17.2 Å². The van der Waals surface area contributed by atoms with Crippen molar-refractivity contribution in [2.45, 2.75) is 27.7 Å². The zero-order valence-electron chi connectivity index (χ0n) is 10.5. The largest absolute Gasteiger partial charge is 0.247 e. The fourth-order valence-corrected chi connectivity index (χ4v) is 1.33. The van der Waals surface area contributed by atoms with E-state index < -0.39 is 0 Å². The van der Waals surface area contributed by atoms with Crippen LogP contribution in [0, 0.1) is 12.3 Å². The zero-order chi connectivity index (χ0) is 12.3. The van der Waals surface area contributed by atoms with Crippen LogP contribution < -0.4 is 0 Å². The average Bonchev–Trinajstić information content (AvgIpc) is 2.54. The molecule has 0 bridgehead atoms. The van der Waals surface area contributed by atoms with E-state index in [-0.39, 0.29) is 5.41 Å². The number of aliphatic imine (C=N–C) groups is 1. The molecule has 16 heavy (non-hydrogen) atoms. The smallest absolute Gasteiger partial charge is 0.153 e. The summed E-state index contributed by atoms with van der Waals surface area (Å²) in [6.45, 7) is 15.5. The molecule has 0 amide bonds. The van der Waals surface area contributed by atoms with Crippen LogP contribution >= 0.6 is 0 Å². The molecule has 3 nitrogen and oxygen atoms in total. The Hall–Kier alpha value is -1.64. The van der Waals surface area contributed by atoms with Crippen LogP contribution in [0.25, 0.3) is 6.08 Å². The molecule has 0 N–H and O–H groups in total. The highest BCUT2D eigenvalue weighted by Gasteiger charge is 2.18. The third-order valence-electron chi connectivity index (χ3n) is 2.27. The summed E-state index contributed by atoms with van der Waals surface area (Å²) in [7, 11) is 0. The van der Waals surface area contributed by atoms with E-state index in [1.165, 1.54) is 0 Å². The molecule has 0 aliphatic heterocycles. The van der Waals surface area contributed by atoms with E-state index in [2.05, 4.69) is 44.2 Å². The second-order valence-electron chi connectivity index (χ2n) is 4.80. The maximum atomic E-state index is 4.47. The van der Waals surface area contributed by atoms with Crippen LogP contribution in [0.5, 0.6) is 0 Å². The molecule has 1 aromatic rings. The van der Waals surface area contributed by atoms with Gasteiger partial charge in [-0.15, -0.1) is 0 Å². The standard InChI is InChI=1S/C13H19N3/c1-7-11-8-10(2)16(9-11)15-12(14-6)13(3,4)5/h7-9H,1,6H2,2-5H3/b15-12-. The Kier molecular flexibility index (Phi) is 3.48. The van der Waals surface area contributed by atoms with Gasteiger partial charge in [0.15, 0.2) is 5.84 Å². The van der Waals surface area contributed by atoms with Crippen LogP contribution in [0.2, 0.25) is 0 Å². The Morgan fingerprint density at radius 2 is 2.06 bits per heavy atom. The number of amidine groups is 1. The van der Waals surface area contributed by atoms with Crippen LogP contribution in [0.4, 0.5) is 0 Å². The average molecular weight is 217 g/mol. The van der Waals surface area contributed by atoms with Gasteiger partial charge in [0.1, 0.15) is 0 Å². The second-order valence-corrected chi connectivity index (χ2v) is 4.80. The van der Waals surface area contributed by atoms with Gasteiger partial charge in [0, 0.05) is 17.3 Å². The van der Waals surface area contributed by atoms with Crippen molar-refractivity contribution in [2.75, 3.05) is 0 Å². The van der Waals surface area contributed by atoms with Crippen molar-refractivity contribution in [3.63, 3.8) is 0 Å². The lowest BCUT2D eigenvalue weighted by Crippen LogP contribution is -2.19. The van der Waals surface area contributed by atoms with Crippen LogP contribution in [-0.2, 0) is 0 Å². The topological polar surface area (TPSA) is 29.6 Å². The molecule has 0 aliphatic rings. The lowest BCUT2D eigenvalue weighted by molar-refractivity contribution is 0.576. The van der Waals surface area contributed by atoms with Gasteiger partial charge in [-0.3, -0.25) is 0 Å². The minimum Gasteiger partial charge on any atom is -0.247 e. The minimum atomic E-state index is -0.104. The van der Waals surface area contributed by atoms with Crippen molar-refractivity contribution in [1.29, 1.82) is 0 Å². The molecule has 0 atom stereocenters. The fraction of sp³-hybridized carbons (Fsp3) is 0.385. The Labute approximate surface area is 97.2 Å². The summed E-state index contributed by atoms with van der Waals surface area (Å²) < 4.78 is 1.81. The lowest BCUT2D eigenvalue weighted by atomic mass is 9.95. The summed E-state index contributed by atoms with van der Waals surface area (Å²) in [5, 5.41) is 4.47. The zero-order valence-corrected chi connectivity index (χ0v) is 10.5. The number of rotatable bonds is 2. The Morgan fingerprint density at radius 1 is 1.44 bits per heavy atom. The molecule has 1 heterocycles. The highest BCUT2D eigenvalue weighted by Crippen LogP contribution is 2.18. The molecule has 3 heteroatoms. The minimum absolute atomic E-state index is 0.104. The molecule has 0 aromatic carbocycles. The van der Waals surface area contributed by atoms with E-state index in [1.807, 2.05) is 23.9 Å². The number of nitrogens with zero attached hydrogens (tertiary/aromatic N) is 3. The first kappa shape index (κ1) is 12.4. The van der Waals surface area contributed by atoms with E-state index in [4.69, 9.17) is 0 Å². The van der Waals surface area contributed by atoms with E-state index in [0.29, 0.717) is 0 Å². The molecule has 0 saturated carbocycles. The summed E-state index contributed by atoms with van der Waals surface area (Å²) in [5.74, 6) is 0.724. The molecular weight excluding hydrogens is 198 g/mol. The highest BCUT2D eigenvalue weighted by molar-refractivity contribution is 5.90. The molecular formula is C13H19N3. The predicted octanol–water partition coefficient (Wildman–Crippen LogP) is 3.35. The van der Waals surface area contributed by atoms with Crippen molar-refractivity contribution in [3.05, 3.63) is 30.1 Å². The van der Waals surface area contributed by atoms with E-state index in [9.17, 15) is 0 Å². The molecule has 0 unspecified atom stereocenters. The molecule has 0 spiro atoms. The lowest BCUT2D eigenvalue weighted by Gasteiger charge is -2.17. The molecule has 1 rings (SSSR count). The van der Waals surface area contributed by atoms with Gasteiger partial charge in [-0.25, -0.2) is 9.67 Å². The van der Waals surface area contributed by atoms with Gasteiger partial charge in [0.05, 0.1) is 0 Å². The second kappa shape index (κ2) is 4.47. The first-order valence-corrected chi connectivity index (χ1v) is 5.26.